The summed E-state index contributed by atoms with van der Waals surface area (Å²) in [4.78, 5) is 25.4. The summed E-state index contributed by atoms with van der Waals surface area (Å²) < 4.78 is 21.0. The van der Waals surface area contributed by atoms with Crippen LogP contribution in [0, 0.1) is 13.8 Å². The van der Waals surface area contributed by atoms with Gasteiger partial charge in [-0.3, -0.25) is 4.79 Å². The molecule has 11 heteroatoms. The summed E-state index contributed by atoms with van der Waals surface area (Å²) >= 11 is 2.42. The molecule has 0 aliphatic carbocycles. The van der Waals surface area contributed by atoms with E-state index in [1.54, 1.807) is 25.3 Å². The van der Waals surface area contributed by atoms with Crippen molar-refractivity contribution in [1.29, 1.82) is 0 Å². The molecule has 2 heterocycles. The molecule has 0 aliphatic rings. The number of aromatic nitrogens is 2. The van der Waals surface area contributed by atoms with Gasteiger partial charge in [0.25, 0.3) is 5.22 Å². The van der Waals surface area contributed by atoms with Crippen molar-refractivity contribution in [3.8, 4) is 23.0 Å². The van der Waals surface area contributed by atoms with Gasteiger partial charge in [0.15, 0.2) is 11.5 Å². The summed E-state index contributed by atoms with van der Waals surface area (Å²) in [6, 6.07) is 5.23. The van der Waals surface area contributed by atoms with Gasteiger partial charge in [-0.25, -0.2) is 4.79 Å². The lowest BCUT2D eigenvalue weighted by molar-refractivity contribution is -0.113. The molecule has 0 unspecified atom stereocenters. The summed E-state index contributed by atoms with van der Waals surface area (Å²) in [5.74, 6) is 0.659. The summed E-state index contributed by atoms with van der Waals surface area (Å²) in [5, 5.41) is 11.5. The lowest BCUT2D eigenvalue weighted by Gasteiger charge is -2.07. The van der Waals surface area contributed by atoms with E-state index in [4.69, 9.17) is 18.6 Å². The van der Waals surface area contributed by atoms with E-state index in [-0.39, 0.29) is 16.9 Å². The maximum absolute atomic E-state index is 12.4. The quantitative estimate of drug-likeness (QED) is 0.392. The highest BCUT2D eigenvalue weighted by molar-refractivity contribution is 7.99. The highest BCUT2D eigenvalue weighted by atomic mass is 32.2. The van der Waals surface area contributed by atoms with E-state index in [1.165, 1.54) is 25.6 Å². The molecular weight excluding hydrogens is 442 g/mol. The summed E-state index contributed by atoms with van der Waals surface area (Å²) in [7, 11) is 4.40. The number of ether oxygens (including phenoxy) is 3. The predicted octanol–water partition coefficient (Wildman–Crippen LogP) is 3.95. The third-order valence-corrected chi connectivity index (χ3v) is 6.33. The Morgan fingerprint density at radius 1 is 1.13 bits per heavy atom. The Kier molecular flexibility index (Phi) is 7.18. The van der Waals surface area contributed by atoms with E-state index >= 15 is 0 Å². The lowest BCUT2D eigenvalue weighted by Crippen LogP contribution is -2.16. The molecule has 9 nitrogen and oxygen atoms in total. The number of nitrogens with zero attached hydrogens (tertiary/aromatic N) is 2. The third-order valence-electron chi connectivity index (χ3n) is 4.39. The number of aryl methyl sites for hydroxylation is 1. The maximum Gasteiger partial charge on any atom is 0.341 e. The highest BCUT2D eigenvalue weighted by Gasteiger charge is 2.22. The van der Waals surface area contributed by atoms with Crippen molar-refractivity contribution < 1.29 is 28.2 Å². The van der Waals surface area contributed by atoms with Crippen LogP contribution in [0.25, 0.3) is 11.5 Å². The number of methoxy groups -OCH3 is 3. The summed E-state index contributed by atoms with van der Waals surface area (Å²) in [6.07, 6.45) is 0. The molecule has 0 fully saturated rings. The number of rotatable bonds is 8. The first-order chi connectivity index (χ1) is 14.9. The molecule has 0 aliphatic heterocycles. The number of amides is 1. The first kappa shape index (κ1) is 22.6. The van der Waals surface area contributed by atoms with Crippen LogP contribution in [0.5, 0.6) is 11.5 Å². The zero-order chi connectivity index (χ0) is 22.5. The zero-order valence-corrected chi connectivity index (χ0v) is 19.2. The smallest absolute Gasteiger partial charge is 0.341 e. The second-order valence-corrected chi connectivity index (χ2v) is 8.41. The van der Waals surface area contributed by atoms with Crippen LogP contribution < -0.4 is 14.8 Å². The predicted molar refractivity (Wildman–Crippen MR) is 117 cm³/mol. The Balaban J connectivity index is 1.66. The molecule has 0 saturated carbocycles. The first-order valence-electron chi connectivity index (χ1n) is 9.04. The van der Waals surface area contributed by atoms with Gasteiger partial charge in [-0.15, -0.1) is 21.5 Å². The minimum Gasteiger partial charge on any atom is -0.493 e. The number of carbonyl (C=O) groups excluding carboxylic acids is 2. The Morgan fingerprint density at radius 3 is 2.55 bits per heavy atom. The molecule has 0 bridgehead atoms. The van der Waals surface area contributed by atoms with Crippen molar-refractivity contribution in [2.24, 2.45) is 0 Å². The van der Waals surface area contributed by atoms with Crippen molar-refractivity contribution in [3.63, 3.8) is 0 Å². The standard InChI is InChI=1S/C20H21N3O6S2/c1-10-11(2)31-18(16(10)19(25)28-5)21-15(24)9-30-20-23-22-17(29-20)12-6-7-13(26-3)14(8-12)27-4/h6-8H,9H2,1-5H3,(H,21,24). The van der Waals surface area contributed by atoms with E-state index in [2.05, 4.69) is 15.5 Å². The fourth-order valence-electron chi connectivity index (χ4n) is 2.71. The van der Waals surface area contributed by atoms with Crippen molar-refractivity contribution >= 4 is 40.0 Å². The average molecular weight is 464 g/mol. The van der Waals surface area contributed by atoms with Crippen molar-refractivity contribution in [3.05, 3.63) is 34.2 Å². The summed E-state index contributed by atoms with van der Waals surface area (Å²) in [6.45, 7) is 3.70. The second-order valence-electron chi connectivity index (χ2n) is 6.26. The molecule has 0 atom stereocenters. The van der Waals surface area contributed by atoms with Crippen LogP contribution in [0.2, 0.25) is 0 Å². The monoisotopic (exact) mass is 463 g/mol. The number of benzene rings is 1. The topological polar surface area (TPSA) is 113 Å². The Morgan fingerprint density at radius 2 is 1.87 bits per heavy atom. The fourth-order valence-corrected chi connectivity index (χ4v) is 4.33. The van der Waals surface area contributed by atoms with Crippen LogP contribution in [-0.2, 0) is 9.53 Å². The number of carbonyl (C=O) groups is 2. The van der Waals surface area contributed by atoms with Crippen LogP contribution in [-0.4, -0.2) is 49.2 Å². The Hall–Kier alpha value is -3.05. The highest BCUT2D eigenvalue weighted by Crippen LogP contribution is 2.34. The molecule has 3 aromatic rings. The Bertz CT molecular complexity index is 1110. The number of hydrogen-bond donors (Lipinski definition) is 1. The number of thiophene rings is 1. The van der Waals surface area contributed by atoms with Crippen LogP contribution in [0.4, 0.5) is 5.00 Å². The molecule has 164 valence electrons. The molecule has 1 N–H and O–H groups in total. The van der Waals surface area contributed by atoms with E-state index in [0.717, 1.165) is 22.2 Å². The second kappa shape index (κ2) is 9.84. The van der Waals surface area contributed by atoms with Crippen molar-refractivity contribution in [2.75, 3.05) is 32.4 Å². The van der Waals surface area contributed by atoms with E-state index in [0.29, 0.717) is 33.5 Å². The van der Waals surface area contributed by atoms with Gasteiger partial charge in [-0.2, -0.15) is 0 Å². The van der Waals surface area contributed by atoms with Gasteiger partial charge in [-0.05, 0) is 37.6 Å². The molecule has 1 aromatic carbocycles. The molecule has 0 radical (unpaired) electrons. The molecule has 3 rings (SSSR count). The number of nitrogens with one attached hydrogen (secondary N) is 1. The molecule has 0 spiro atoms. The largest absolute Gasteiger partial charge is 0.493 e. The Labute approximate surface area is 187 Å². The average Bonchev–Trinajstić information content (AvgIpc) is 3.35. The number of anilines is 1. The van der Waals surface area contributed by atoms with E-state index in [1.807, 2.05) is 13.8 Å². The normalized spacial score (nSPS) is 10.6. The number of esters is 1. The third kappa shape index (κ3) is 5.00. The van der Waals surface area contributed by atoms with Crippen LogP contribution in [0.3, 0.4) is 0 Å². The van der Waals surface area contributed by atoms with Gasteiger partial charge >= 0.3 is 5.97 Å². The minimum atomic E-state index is -0.485. The summed E-state index contributed by atoms with van der Waals surface area (Å²) in [5.41, 5.74) is 1.82. The van der Waals surface area contributed by atoms with Gasteiger partial charge in [0.2, 0.25) is 11.8 Å². The van der Waals surface area contributed by atoms with Crippen molar-refractivity contribution in [1.82, 2.24) is 10.2 Å². The van der Waals surface area contributed by atoms with Gasteiger partial charge in [0, 0.05) is 10.4 Å². The van der Waals surface area contributed by atoms with Crippen molar-refractivity contribution in [2.45, 2.75) is 19.1 Å². The van der Waals surface area contributed by atoms with Crippen LogP contribution >= 0.6 is 23.1 Å². The molecule has 1 amide bonds. The molecule has 2 aromatic heterocycles. The van der Waals surface area contributed by atoms with Gasteiger partial charge in [-0.1, -0.05) is 11.8 Å². The number of hydrogen-bond acceptors (Lipinski definition) is 10. The van der Waals surface area contributed by atoms with Crippen LogP contribution in [0.1, 0.15) is 20.8 Å². The number of thioether (sulfide) groups is 1. The molecule has 0 saturated heterocycles. The van der Waals surface area contributed by atoms with Gasteiger partial charge in [0.1, 0.15) is 5.00 Å². The van der Waals surface area contributed by atoms with E-state index < -0.39 is 5.97 Å². The minimum absolute atomic E-state index is 0.0319. The SMILES string of the molecule is COC(=O)c1c(NC(=O)CSc2nnc(-c3ccc(OC)c(OC)c3)o2)sc(C)c1C. The van der Waals surface area contributed by atoms with Gasteiger partial charge in [0.05, 0.1) is 32.6 Å². The fraction of sp³-hybridized carbons (Fsp3) is 0.300. The molecule has 31 heavy (non-hydrogen) atoms. The first-order valence-corrected chi connectivity index (χ1v) is 10.8. The zero-order valence-electron chi connectivity index (χ0n) is 17.6. The molecular formula is C20H21N3O6S2. The maximum atomic E-state index is 12.4. The lowest BCUT2D eigenvalue weighted by atomic mass is 10.1. The van der Waals surface area contributed by atoms with Gasteiger partial charge < -0.3 is 23.9 Å². The van der Waals surface area contributed by atoms with Crippen LogP contribution in [0.15, 0.2) is 27.8 Å². The van der Waals surface area contributed by atoms with E-state index in [9.17, 15) is 9.59 Å².